The first-order valence-electron chi connectivity index (χ1n) is 6.80. The van der Waals surface area contributed by atoms with Crippen molar-refractivity contribution in [3.63, 3.8) is 0 Å². The van der Waals surface area contributed by atoms with Crippen molar-refractivity contribution in [2.24, 2.45) is 0 Å². The number of nitrogens with one attached hydrogen (secondary N) is 1. The van der Waals surface area contributed by atoms with Crippen molar-refractivity contribution < 1.29 is 5.11 Å². The van der Waals surface area contributed by atoms with Crippen LogP contribution in [-0.4, -0.2) is 36.9 Å². The Labute approximate surface area is 110 Å². The Bertz CT molecular complexity index is 405. The van der Waals surface area contributed by atoms with Gasteiger partial charge in [0.1, 0.15) is 0 Å². The summed E-state index contributed by atoms with van der Waals surface area (Å²) in [4.78, 5) is 2.45. The number of benzene rings is 1. The zero-order valence-corrected chi connectivity index (χ0v) is 11.6. The highest BCUT2D eigenvalue weighted by Gasteiger charge is 2.24. The normalized spacial score (nSPS) is 24.3. The lowest BCUT2D eigenvalue weighted by Crippen LogP contribution is -2.56. The number of aryl methyl sites for hydroxylation is 1. The van der Waals surface area contributed by atoms with Gasteiger partial charge in [0.25, 0.3) is 0 Å². The molecule has 1 aromatic carbocycles. The number of hydrogen-bond acceptors (Lipinski definition) is 3. The molecule has 1 aliphatic heterocycles. The number of aliphatic hydroxyl groups is 1. The first-order valence-corrected chi connectivity index (χ1v) is 6.80. The van der Waals surface area contributed by atoms with Gasteiger partial charge in [0.2, 0.25) is 0 Å². The van der Waals surface area contributed by atoms with Crippen LogP contribution >= 0.6 is 0 Å². The van der Waals surface area contributed by atoms with Crippen LogP contribution in [0.25, 0.3) is 0 Å². The van der Waals surface area contributed by atoms with Crippen molar-refractivity contribution >= 4 is 5.69 Å². The fraction of sp³-hybridized carbons (Fsp3) is 0.600. The van der Waals surface area contributed by atoms with Crippen LogP contribution in [0, 0.1) is 13.8 Å². The molecule has 0 radical (unpaired) electrons. The van der Waals surface area contributed by atoms with E-state index in [4.69, 9.17) is 5.11 Å². The van der Waals surface area contributed by atoms with E-state index in [-0.39, 0.29) is 6.61 Å². The lowest BCUT2D eigenvalue weighted by atomic mass is 10.0. The van der Waals surface area contributed by atoms with E-state index < -0.39 is 0 Å². The van der Waals surface area contributed by atoms with E-state index in [2.05, 4.69) is 49.2 Å². The number of anilines is 1. The molecule has 0 bridgehead atoms. The Morgan fingerprint density at radius 2 is 2.11 bits per heavy atom. The molecular weight excluding hydrogens is 224 g/mol. The molecule has 0 aliphatic carbocycles. The second-order valence-corrected chi connectivity index (χ2v) is 5.40. The van der Waals surface area contributed by atoms with Gasteiger partial charge in [-0.1, -0.05) is 12.1 Å². The zero-order chi connectivity index (χ0) is 13.1. The van der Waals surface area contributed by atoms with Crippen LogP contribution in [0.1, 0.15) is 24.5 Å². The maximum Gasteiger partial charge on any atom is 0.0446 e. The second kappa shape index (κ2) is 5.72. The summed E-state index contributed by atoms with van der Waals surface area (Å²) >= 11 is 0. The van der Waals surface area contributed by atoms with Crippen molar-refractivity contribution in [1.82, 2.24) is 5.32 Å². The molecule has 1 aromatic rings. The monoisotopic (exact) mass is 248 g/mol. The minimum absolute atomic E-state index is 0.255. The summed E-state index contributed by atoms with van der Waals surface area (Å²) in [6.45, 7) is 8.84. The molecule has 1 fully saturated rings. The number of aliphatic hydroxyl groups excluding tert-OH is 1. The average Bonchev–Trinajstić information content (AvgIpc) is 2.32. The Morgan fingerprint density at radius 1 is 1.33 bits per heavy atom. The molecule has 1 aliphatic rings. The summed E-state index contributed by atoms with van der Waals surface area (Å²) < 4.78 is 0. The minimum atomic E-state index is 0.255. The molecule has 0 aromatic heterocycles. The molecule has 3 heteroatoms. The zero-order valence-electron chi connectivity index (χ0n) is 11.6. The van der Waals surface area contributed by atoms with E-state index in [0.717, 1.165) is 19.5 Å². The van der Waals surface area contributed by atoms with Gasteiger partial charge < -0.3 is 15.3 Å². The molecule has 2 N–H and O–H groups in total. The van der Waals surface area contributed by atoms with Crippen LogP contribution in [0.4, 0.5) is 5.69 Å². The molecular formula is C15H24N2O. The smallest absolute Gasteiger partial charge is 0.0446 e. The molecule has 3 nitrogen and oxygen atoms in total. The Morgan fingerprint density at radius 3 is 2.83 bits per heavy atom. The summed E-state index contributed by atoms with van der Waals surface area (Å²) in [5.41, 5.74) is 4.05. The fourth-order valence-corrected chi connectivity index (χ4v) is 2.78. The van der Waals surface area contributed by atoms with E-state index in [1.165, 1.54) is 16.8 Å². The van der Waals surface area contributed by atoms with E-state index in [1.54, 1.807) is 0 Å². The lowest BCUT2D eigenvalue weighted by molar-refractivity contribution is 0.250. The molecule has 1 saturated heterocycles. The van der Waals surface area contributed by atoms with Gasteiger partial charge in [-0.05, 0) is 44.4 Å². The van der Waals surface area contributed by atoms with Crippen LogP contribution in [-0.2, 0) is 0 Å². The van der Waals surface area contributed by atoms with Crippen LogP contribution in [0.2, 0.25) is 0 Å². The highest BCUT2D eigenvalue weighted by atomic mass is 16.3. The molecule has 2 atom stereocenters. The maximum atomic E-state index is 9.10. The van der Waals surface area contributed by atoms with Crippen LogP contribution in [0.5, 0.6) is 0 Å². The molecule has 2 rings (SSSR count). The molecule has 2 unspecified atom stereocenters. The lowest BCUT2D eigenvalue weighted by Gasteiger charge is -2.39. The first kappa shape index (κ1) is 13.4. The van der Waals surface area contributed by atoms with Crippen LogP contribution in [0.3, 0.4) is 0 Å². The highest BCUT2D eigenvalue weighted by Crippen LogP contribution is 2.25. The summed E-state index contributed by atoms with van der Waals surface area (Å²) in [5, 5.41) is 12.7. The van der Waals surface area contributed by atoms with Gasteiger partial charge in [-0.25, -0.2) is 0 Å². The number of piperazine rings is 1. The Balaban J connectivity index is 2.18. The van der Waals surface area contributed by atoms with Gasteiger partial charge in [-0.15, -0.1) is 0 Å². The van der Waals surface area contributed by atoms with Crippen molar-refractivity contribution in [2.45, 2.75) is 39.3 Å². The number of nitrogens with zero attached hydrogens (tertiary/aromatic N) is 1. The summed E-state index contributed by atoms with van der Waals surface area (Å²) in [5.74, 6) is 0. The maximum absolute atomic E-state index is 9.10. The third kappa shape index (κ3) is 2.85. The van der Waals surface area contributed by atoms with E-state index in [0.29, 0.717) is 12.1 Å². The third-order valence-electron chi connectivity index (χ3n) is 3.85. The number of hydrogen-bond donors (Lipinski definition) is 2. The van der Waals surface area contributed by atoms with E-state index in [9.17, 15) is 0 Å². The number of rotatable bonds is 3. The molecule has 100 valence electrons. The molecule has 1 heterocycles. The van der Waals surface area contributed by atoms with Gasteiger partial charge in [0.15, 0.2) is 0 Å². The van der Waals surface area contributed by atoms with Gasteiger partial charge in [0.05, 0.1) is 0 Å². The molecule has 18 heavy (non-hydrogen) atoms. The largest absolute Gasteiger partial charge is 0.396 e. The standard InChI is InChI=1S/C15H24N2O/c1-11-5-4-6-15(13(11)3)17-9-12(2)16-14(10-17)7-8-18/h4-6,12,14,16,18H,7-10H2,1-3H3. The second-order valence-electron chi connectivity index (χ2n) is 5.40. The highest BCUT2D eigenvalue weighted by molar-refractivity contribution is 5.56. The SMILES string of the molecule is Cc1cccc(N2CC(C)NC(CCO)C2)c1C. The summed E-state index contributed by atoms with van der Waals surface area (Å²) in [7, 11) is 0. The average molecular weight is 248 g/mol. The quantitative estimate of drug-likeness (QED) is 0.857. The third-order valence-corrected chi connectivity index (χ3v) is 3.85. The van der Waals surface area contributed by atoms with Gasteiger partial charge in [0, 0.05) is 37.5 Å². The van der Waals surface area contributed by atoms with Gasteiger partial charge in [-0.2, -0.15) is 0 Å². The van der Waals surface area contributed by atoms with Crippen LogP contribution < -0.4 is 10.2 Å². The van der Waals surface area contributed by atoms with Crippen molar-refractivity contribution in [2.75, 3.05) is 24.6 Å². The topological polar surface area (TPSA) is 35.5 Å². The Kier molecular flexibility index (Phi) is 4.25. The molecule has 0 saturated carbocycles. The van der Waals surface area contributed by atoms with Crippen LogP contribution in [0.15, 0.2) is 18.2 Å². The van der Waals surface area contributed by atoms with Crippen molar-refractivity contribution in [1.29, 1.82) is 0 Å². The minimum Gasteiger partial charge on any atom is -0.396 e. The Hall–Kier alpha value is -1.06. The van der Waals surface area contributed by atoms with Gasteiger partial charge >= 0.3 is 0 Å². The van der Waals surface area contributed by atoms with Crippen molar-refractivity contribution in [3.8, 4) is 0 Å². The fourth-order valence-electron chi connectivity index (χ4n) is 2.78. The molecule has 0 amide bonds. The van der Waals surface area contributed by atoms with Gasteiger partial charge in [-0.3, -0.25) is 0 Å². The predicted octanol–water partition coefficient (Wildman–Crippen LogP) is 1.85. The van der Waals surface area contributed by atoms with Crippen molar-refractivity contribution in [3.05, 3.63) is 29.3 Å². The molecule has 0 spiro atoms. The summed E-state index contributed by atoms with van der Waals surface area (Å²) in [6.07, 6.45) is 0.825. The predicted molar refractivity (Wildman–Crippen MR) is 76.2 cm³/mol. The van der Waals surface area contributed by atoms with E-state index >= 15 is 0 Å². The first-order chi connectivity index (χ1) is 8.61. The van der Waals surface area contributed by atoms with E-state index in [1.807, 2.05) is 0 Å². The summed E-state index contributed by atoms with van der Waals surface area (Å²) in [6, 6.07) is 7.35.